The third-order valence-electron chi connectivity index (χ3n) is 2.32. The Morgan fingerprint density at radius 2 is 2.05 bits per heavy atom. The van der Waals surface area contributed by atoms with Gasteiger partial charge in [-0.1, -0.05) is 0 Å². The van der Waals surface area contributed by atoms with Crippen LogP contribution >= 0.6 is 27.7 Å². The van der Waals surface area contributed by atoms with Gasteiger partial charge >= 0.3 is 5.97 Å². The summed E-state index contributed by atoms with van der Waals surface area (Å²) in [6, 6.07) is 8.82. The summed E-state index contributed by atoms with van der Waals surface area (Å²) in [7, 11) is 0. The van der Waals surface area contributed by atoms with Crippen molar-refractivity contribution < 1.29 is 14.6 Å². The van der Waals surface area contributed by atoms with E-state index >= 15 is 0 Å². The highest BCUT2D eigenvalue weighted by molar-refractivity contribution is 9.10. The van der Waals surface area contributed by atoms with E-state index in [2.05, 4.69) is 20.9 Å². The van der Waals surface area contributed by atoms with Gasteiger partial charge in [-0.05, 0) is 52.5 Å². The van der Waals surface area contributed by atoms with Crippen LogP contribution in [0.5, 0.6) is 11.6 Å². The number of rotatable bonds is 4. The Morgan fingerprint density at radius 3 is 2.63 bits per heavy atom. The molecule has 0 fully saturated rings. The van der Waals surface area contributed by atoms with Gasteiger partial charge in [-0.3, -0.25) is 0 Å². The molecule has 0 saturated carbocycles. The summed E-state index contributed by atoms with van der Waals surface area (Å²) in [6.45, 7) is 0. The molecule has 0 aliphatic rings. The summed E-state index contributed by atoms with van der Waals surface area (Å²) in [4.78, 5) is 16.2. The van der Waals surface area contributed by atoms with Crippen LogP contribution in [0.4, 0.5) is 0 Å². The molecule has 0 bridgehead atoms. The summed E-state index contributed by atoms with van der Waals surface area (Å²) in [5.41, 5.74) is 0.0170. The lowest BCUT2D eigenvalue weighted by Gasteiger charge is -2.08. The fraction of sp³-hybridized carbons (Fsp3) is 0.0769. The molecule has 0 aliphatic heterocycles. The summed E-state index contributed by atoms with van der Waals surface area (Å²) >= 11 is 4.81. The van der Waals surface area contributed by atoms with Gasteiger partial charge in [-0.15, -0.1) is 11.8 Å². The van der Waals surface area contributed by atoms with Crippen LogP contribution < -0.4 is 4.74 Å². The highest BCUT2D eigenvalue weighted by Gasteiger charge is 2.14. The molecule has 98 valence electrons. The SMILES string of the molecule is CSc1ccc(Oc2ncc(Br)cc2C(=O)O)cc1. The molecular weight excluding hydrogens is 330 g/mol. The Labute approximate surface area is 122 Å². The molecule has 1 N–H and O–H groups in total. The topological polar surface area (TPSA) is 59.4 Å². The van der Waals surface area contributed by atoms with E-state index in [0.717, 1.165) is 4.90 Å². The minimum atomic E-state index is -1.08. The Bertz CT molecular complexity index is 601. The molecule has 0 aliphatic carbocycles. The molecule has 0 atom stereocenters. The Morgan fingerprint density at radius 1 is 1.37 bits per heavy atom. The second-order valence-corrected chi connectivity index (χ2v) is 5.38. The van der Waals surface area contributed by atoms with E-state index in [1.165, 1.54) is 12.3 Å². The number of carboxylic acid groups (broad SMARTS) is 1. The molecule has 0 spiro atoms. The predicted octanol–water partition coefficient (Wildman–Crippen LogP) is 4.06. The lowest BCUT2D eigenvalue weighted by Crippen LogP contribution is -2.02. The molecule has 0 amide bonds. The second-order valence-electron chi connectivity index (χ2n) is 3.59. The van der Waals surface area contributed by atoms with Crippen molar-refractivity contribution in [3.63, 3.8) is 0 Å². The minimum Gasteiger partial charge on any atom is -0.477 e. The standard InChI is InChI=1S/C13H10BrNO3S/c1-19-10-4-2-9(3-5-10)18-12-11(13(16)17)6-8(14)7-15-12/h2-7H,1H3,(H,16,17). The zero-order valence-electron chi connectivity index (χ0n) is 9.96. The number of benzene rings is 1. The first-order chi connectivity index (χ1) is 9.10. The van der Waals surface area contributed by atoms with Crippen LogP contribution in [0.3, 0.4) is 0 Å². The first-order valence-electron chi connectivity index (χ1n) is 5.31. The average molecular weight is 340 g/mol. The predicted molar refractivity (Wildman–Crippen MR) is 77.2 cm³/mol. The maximum absolute atomic E-state index is 11.1. The summed E-state index contributed by atoms with van der Waals surface area (Å²) in [5, 5.41) is 9.11. The van der Waals surface area contributed by atoms with Crippen LogP contribution in [-0.2, 0) is 0 Å². The molecule has 1 heterocycles. The molecule has 2 rings (SSSR count). The van der Waals surface area contributed by atoms with E-state index in [9.17, 15) is 4.79 Å². The summed E-state index contributed by atoms with van der Waals surface area (Å²) in [5.74, 6) is -0.452. The zero-order valence-corrected chi connectivity index (χ0v) is 12.4. The smallest absolute Gasteiger partial charge is 0.341 e. The molecule has 4 nitrogen and oxygen atoms in total. The molecule has 2 aromatic rings. The van der Waals surface area contributed by atoms with Gasteiger partial charge in [-0.25, -0.2) is 9.78 Å². The van der Waals surface area contributed by atoms with Gasteiger partial charge in [0.25, 0.3) is 0 Å². The lowest BCUT2D eigenvalue weighted by atomic mass is 10.3. The van der Waals surface area contributed by atoms with Crippen molar-refractivity contribution in [1.82, 2.24) is 4.98 Å². The number of thioether (sulfide) groups is 1. The third-order valence-corrected chi connectivity index (χ3v) is 3.50. The fourth-order valence-corrected chi connectivity index (χ4v) is 2.16. The minimum absolute atomic E-state index is 0.0170. The number of pyridine rings is 1. The number of ether oxygens (including phenoxy) is 1. The van der Waals surface area contributed by atoms with E-state index < -0.39 is 5.97 Å². The molecule has 6 heteroatoms. The highest BCUT2D eigenvalue weighted by Crippen LogP contribution is 2.27. The number of carboxylic acids is 1. The molecule has 0 saturated heterocycles. The van der Waals surface area contributed by atoms with Gasteiger partial charge in [0.1, 0.15) is 11.3 Å². The monoisotopic (exact) mass is 339 g/mol. The summed E-state index contributed by atoms with van der Waals surface area (Å²) in [6.07, 6.45) is 3.48. The molecule has 1 aromatic heterocycles. The fourth-order valence-electron chi connectivity index (χ4n) is 1.42. The number of hydrogen-bond donors (Lipinski definition) is 1. The van der Waals surface area contributed by atoms with Gasteiger partial charge in [0.15, 0.2) is 0 Å². The van der Waals surface area contributed by atoms with Gasteiger partial charge < -0.3 is 9.84 Å². The van der Waals surface area contributed by atoms with Gasteiger partial charge in [-0.2, -0.15) is 0 Å². The average Bonchev–Trinajstić information content (AvgIpc) is 2.41. The normalized spacial score (nSPS) is 10.2. The number of halogens is 1. The van der Waals surface area contributed by atoms with Crippen LogP contribution in [-0.4, -0.2) is 22.3 Å². The zero-order chi connectivity index (χ0) is 13.8. The Balaban J connectivity index is 2.29. The molecule has 0 unspecified atom stereocenters. The highest BCUT2D eigenvalue weighted by atomic mass is 79.9. The Hall–Kier alpha value is -1.53. The van der Waals surface area contributed by atoms with E-state index in [1.807, 2.05) is 18.4 Å². The van der Waals surface area contributed by atoms with Crippen LogP contribution in [0.25, 0.3) is 0 Å². The maximum atomic E-state index is 11.1. The van der Waals surface area contributed by atoms with E-state index in [0.29, 0.717) is 10.2 Å². The van der Waals surface area contributed by atoms with Crippen molar-refractivity contribution in [3.05, 3.63) is 46.6 Å². The summed E-state index contributed by atoms with van der Waals surface area (Å²) < 4.78 is 6.10. The van der Waals surface area contributed by atoms with Crippen molar-refractivity contribution in [2.75, 3.05) is 6.26 Å². The van der Waals surface area contributed by atoms with E-state index in [4.69, 9.17) is 9.84 Å². The maximum Gasteiger partial charge on any atom is 0.341 e. The number of carbonyl (C=O) groups is 1. The molecule has 1 aromatic carbocycles. The first-order valence-corrected chi connectivity index (χ1v) is 7.32. The van der Waals surface area contributed by atoms with Crippen LogP contribution in [0, 0.1) is 0 Å². The lowest BCUT2D eigenvalue weighted by molar-refractivity contribution is 0.0693. The molecular formula is C13H10BrNO3S. The quantitative estimate of drug-likeness (QED) is 0.851. The number of hydrogen-bond acceptors (Lipinski definition) is 4. The van der Waals surface area contributed by atoms with E-state index in [-0.39, 0.29) is 11.4 Å². The number of nitrogens with zero attached hydrogens (tertiary/aromatic N) is 1. The van der Waals surface area contributed by atoms with Crippen molar-refractivity contribution in [2.24, 2.45) is 0 Å². The largest absolute Gasteiger partial charge is 0.477 e. The van der Waals surface area contributed by atoms with Crippen LogP contribution in [0.15, 0.2) is 45.9 Å². The van der Waals surface area contributed by atoms with Gasteiger partial charge in [0.2, 0.25) is 5.88 Å². The molecule has 0 radical (unpaired) electrons. The van der Waals surface area contributed by atoms with Crippen molar-refractivity contribution in [2.45, 2.75) is 4.90 Å². The Kier molecular flexibility index (Phi) is 4.44. The number of aromatic nitrogens is 1. The van der Waals surface area contributed by atoms with Crippen molar-refractivity contribution in [1.29, 1.82) is 0 Å². The second kappa shape index (κ2) is 6.08. The van der Waals surface area contributed by atoms with E-state index in [1.54, 1.807) is 23.9 Å². The van der Waals surface area contributed by atoms with Crippen molar-refractivity contribution >= 4 is 33.7 Å². The van der Waals surface area contributed by atoms with Gasteiger partial charge in [0.05, 0.1) is 0 Å². The van der Waals surface area contributed by atoms with Crippen LogP contribution in [0.1, 0.15) is 10.4 Å². The van der Waals surface area contributed by atoms with Crippen LogP contribution in [0.2, 0.25) is 0 Å². The first kappa shape index (κ1) is 13.9. The third kappa shape index (κ3) is 3.48. The molecule has 19 heavy (non-hydrogen) atoms. The van der Waals surface area contributed by atoms with Gasteiger partial charge in [0, 0.05) is 15.6 Å². The number of aromatic carboxylic acids is 1. The van der Waals surface area contributed by atoms with Crippen molar-refractivity contribution in [3.8, 4) is 11.6 Å².